The molecular formula is C19H28FN3O2. The van der Waals surface area contributed by atoms with Crippen molar-refractivity contribution in [2.75, 3.05) is 25.5 Å². The van der Waals surface area contributed by atoms with Crippen molar-refractivity contribution in [3.63, 3.8) is 0 Å². The van der Waals surface area contributed by atoms with Crippen LogP contribution >= 0.6 is 0 Å². The molecular weight excluding hydrogens is 321 g/mol. The molecule has 1 saturated heterocycles. The summed E-state index contributed by atoms with van der Waals surface area (Å²) in [6, 6.07) is 3.88. The second-order valence-corrected chi connectivity index (χ2v) is 7.33. The molecule has 0 bridgehead atoms. The number of likely N-dealkylation sites (tertiary alicyclic amines) is 1. The number of hydrogen-bond donors (Lipinski definition) is 1. The number of nitrogens with one attached hydrogen (secondary N) is 1. The quantitative estimate of drug-likeness (QED) is 0.802. The largest absolute Gasteiger partial charge is 0.381 e. The van der Waals surface area contributed by atoms with Crippen LogP contribution in [0.5, 0.6) is 0 Å². The van der Waals surface area contributed by atoms with E-state index in [1.807, 2.05) is 7.11 Å². The van der Waals surface area contributed by atoms with Crippen LogP contribution in [-0.2, 0) is 4.74 Å². The van der Waals surface area contributed by atoms with Crippen LogP contribution in [-0.4, -0.2) is 43.3 Å². The number of nitroso groups, excluding NO2 is 1. The van der Waals surface area contributed by atoms with Gasteiger partial charge in [0.15, 0.2) is 0 Å². The van der Waals surface area contributed by atoms with Crippen LogP contribution in [0.15, 0.2) is 17.3 Å². The SMILES string of the molecule is CO[C@H]1CC[C@H](N2CCC(Nc3cc(C)c(F)cc3N=O)CC2)CC1. The number of methoxy groups -OCH3 is 1. The van der Waals surface area contributed by atoms with Gasteiger partial charge in [-0.2, -0.15) is 0 Å². The van der Waals surface area contributed by atoms with Gasteiger partial charge in [-0.15, -0.1) is 4.91 Å². The second-order valence-electron chi connectivity index (χ2n) is 7.33. The van der Waals surface area contributed by atoms with E-state index in [9.17, 15) is 9.30 Å². The minimum Gasteiger partial charge on any atom is -0.381 e. The molecule has 1 aliphatic heterocycles. The zero-order valence-electron chi connectivity index (χ0n) is 15.1. The third-order valence-corrected chi connectivity index (χ3v) is 5.76. The summed E-state index contributed by atoms with van der Waals surface area (Å²) in [6.45, 7) is 3.82. The minimum absolute atomic E-state index is 0.156. The van der Waals surface area contributed by atoms with E-state index < -0.39 is 0 Å². The summed E-state index contributed by atoms with van der Waals surface area (Å²) in [7, 11) is 1.81. The van der Waals surface area contributed by atoms with Crippen LogP contribution in [0.25, 0.3) is 0 Å². The lowest BCUT2D eigenvalue weighted by Gasteiger charge is -2.41. The Hall–Kier alpha value is -1.53. The summed E-state index contributed by atoms with van der Waals surface area (Å²) in [5, 5.41) is 6.37. The van der Waals surface area contributed by atoms with Crippen molar-refractivity contribution in [3.05, 3.63) is 28.4 Å². The number of rotatable bonds is 5. The number of ether oxygens (including phenoxy) is 1. The molecule has 5 nitrogen and oxygen atoms in total. The van der Waals surface area contributed by atoms with Gasteiger partial charge in [0.1, 0.15) is 11.5 Å². The highest BCUT2D eigenvalue weighted by Gasteiger charge is 2.29. The molecule has 1 aromatic carbocycles. The molecule has 25 heavy (non-hydrogen) atoms. The van der Waals surface area contributed by atoms with Gasteiger partial charge >= 0.3 is 0 Å². The van der Waals surface area contributed by atoms with Crippen molar-refractivity contribution < 1.29 is 9.13 Å². The van der Waals surface area contributed by atoms with Gasteiger partial charge in [0, 0.05) is 38.3 Å². The molecule has 1 heterocycles. The van der Waals surface area contributed by atoms with E-state index in [1.54, 1.807) is 13.0 Å². The van der Waals surface area contributed by atoms with E-state index >= 15 is 0 Å². The summed E-state index contributed by atoms with van der Waals surface area (Å²) in [6.07, 6.45) is 7.23. The molecule has 0 amide bonds. The highest BCUT2D eigenvalue weighted by molar-refractivity contribution is 5.67. The third-order valence-electron chi connectivity index (χ3n) is 5.76. The van der Waals surface area contributed by atoms with Crippen LogP contribution in [0.3, 0.4) is 0 Å². The maximum Gasteiger partial charge on any atom is 0.134 e. The molecule has 1 N–H and O–H groups in total. The molecule has 0 unspecified atom stereocenters. The van der Waals surface area contributed by atoms with Crippen LogP contribution in [0, 0.1) is 17.6 Å². The van der Waals surface area contributed by atoms with E-state index in [1.165, 1.54) is 18.9 Å². The molecule has 2 aliphatic rings. The van der Waals surface area contributed by atoms with Crippen LogP contribution < -0.4 is 5.32 Å². The Labute approximate surface area is 148 Å². The molecule has 6 heteroatoms. The third kappa shape index (κ3) is 4.36. The van der Waals surface area contributed by atoms with Crippen LogP contribution in [0.4, 0.5) is 15.8 Å². The molecule has 2 fully saturated rings. The Morgan fingerprint density at radius 1 is 1.16 bits per heavy atom. The number of benzene rings is 1. The lowest BCUT2D eigenvalue weighted by Crippen LogP contribution is -2.46. The van der Waals surface area contributed by atoms with Crippen molar-refractivity contribution in [1.29, 1.82) is 0 Å². The van der Waals surface area contributed by atoms with E-state index in [4.69, 9.17) is 4.74 Å². The maximum absolute atomic E-state index is 13.6. The molecule has 0 radical (unpaired) electrons. The van der Waals surface area contributed by atoms with Crippen molar-refractivity contribution in [3.8, 4) is 0 Å². The molecule has 1 aliphatic carbocycles. The van der Waals surface area contributed by atoms with E-state index in [0.717, 1.165) is 38.8 Å². The molecule has 0 spiro atoms. The number of hydrogen-bond acceptors (Lipinski definition) is 5. The van der Waals surface area contributed by atoms with Gasteiger partial charge in [0.05, 0.1) is 11.8 Å². The summed E-state index contributed by atoms with van der Waals surface area (Å²) < 4.78 is 19.1. The number of anilines is 1. The van der Waals surface area contributed by atoms with Gasteiger partial charge < -0.3 is 15.0 Å². The van der Waals surface area contributed by atoms with Crippen molar-refractivity contribution >= 4 is 11.4 Å². The highest BCUT2D eigenvalue weighted by Crippen LogP contribution is 2.31. The fourth-order valence-electron chi connectivity index (χ4n) is 4.14. The average Bonchev–Trinajstić information content (AvgIpc) is 2.65. The van der Waals surface area contributed by atoms with Gasteiger partial charge in [-0.3, -0.25) is 0 Å². The summed E-state index contributed by atoms with van der Waals surface area (Å²) in [5.74, 6) is -0.387. The van der Waals surface area contributed by atoms with Gasteiger partial charge in [0.25, 0.3) is 0 Å². The number of nitrogens with zero attached hydrogens (tertiary/aromatic N) is 2. The van der Waals surface area contributed by atoms with Crippen molar-refractivity contribution in [2.45, 2.75) is 63.6 Å². The zero-order valence-corrected chi connectivity index (χ0v) is 15.1. The monoisotopic (exact) mass is 349 g/mol. The highest BCUT2D eigenvalue weighted by atomic mass is 19.1. The first-order valence-electron chi connectivity index (χ1n) is 9.27. The molecule has 0 atom stereocenters. The lowest BCUT2D eigenvalue weighted by molar-refractivity contribution is 0.0329. The lowest BCUT2D eigenvalue weighted by atomic mass is 9.90. The summed E-state index contributed by atoms with van der Waals surface area (Å²) in [5.41, 5.74) is 1.33. The zero-order chi connectivity index (χ0) is 17.8. The van der Waals surface area contributed by atoms with Crippen LogP contribution in [0.2, 0.25) is 0 Å². The summed E-state index contributed by atoms with van der Waals surface area (Å²) in [4.78, 5) is 13.6. The van der Waals surface area contributed by atoms with Crippen molar-refractivity contribution in [2.24, 2.45) is 5.18 Å². The normalized spacial score (nSPS) is 25.7. The molecule has 3 rings (SSSR count). The Morgan fingerprint density at radius 2 is 1.84 bits per heavy atom. The molecule has 1 aromatic rings. The van der Waals surface area contributed by atoms with E-state index in [2.05, 4.69) is 15.4 Å². The minimum atomic E-state index is -0.387. The van der Waals surface area contributed by atoms with E-state index in [0.29, 0.717) is 29.4 Å². The summed E-state index contributed by atoms with van der Waals surface area (Å²) >= 11 is 0. The molecule has 138 valence electrons. The smallest absolute Gasteiger partial charge is 0.134 e. The maximum atomic E-state index is 13.6. The number of halogens is 1. The number of piperidine rings is 1. The molecule has 1 saturated carbocycles. The predicted molar refractivity (Wildman–Crippen MR) is 97.9 cm³/mol. The Kier molecular flexibility index (Phi) is 6.02. The van der Waals surface area contributed by atoms with Crippen LogP contribution in [0.1, 0.15) is 44.1 Å². The fourth-order valence-corrected chi connectivity index (χ4v) is 4.14. The van der Waals surface area contributed by atoms with Gasteiger partial charge in [-0.05, 0) is 62.3 Å². The Balaban J connectivity index is 1.53. The van der Waals surface area contributed by atoms with Gasteiger partial charge in [-0.25, -0.2) is 4.39 Å². The second kappa shape index (κ2) is 8.23. The Bertz CT molecular complexity index is 595. The standard InChI is InChI=1S/C19H28FN3O2/c1-13-11-18(19(22-24)12-17(13)20)21-14-7-9-23(10-8-14)15-3-5-16(25-2)6-4-15/h11-12,14-16,21H,3-10H2,1-2H3/t15-,16-. The van der Waals surface area contributed by atoms with Gasteiger partial charge in [-0.1, -0.05) is 0 Å². The van der Waals surface area contributed by atoms with Gasteiger partial charge in [0.2, 0.25) is 0 Å². The molecule has 0 aromatic heterocycles. The first-order valence-corrected chi connectivity index (χ1v) is 9.27. The number of aryl methyl sites for hydroxylation is 1. The van der Waals surface area contributed by atoms with E-state index in [-0.39, 0.29) is 11.5 Å². The first kappa shape index (κ1) is 18.3. The predicted octanol–water partition coefficient (Wildman–Crippen LogP) is 4.37. The van der Waals surface area contributed by atoms with Crippen molar-refractivity contribution in [1.82, 2.24) is 4.90 Å². The topological polar surface area (TPSA) is 53.9 Å². The first-order chi connectivity index (χ1) is 12.1. The average molecular weight is 349 g/mol. The Morgan fingerprint density at radius 3 is 2.44 bits per heavy atom. The fraction of sp³-hybridized carbons (Fsp3) is 0.684.